The van der Waals surface area contributed by atoms with Gasteiger partial charge in [-0.25, -0.2) is 18.4 Å². The molecule has 9 heteroatoms. The van der Waals surface area contributed by atoms with E-state index in [0.29, 0.717) is 5.69 Å². The van der Waals surface area contributed by atoms with E-state index in [1.165, 1.54) is 11.6 Å². The van der Waals surface area contributed by atoms with E-state index in [9.17, 15) is 13.2 Å². The largest absolute Gasteiger partial charge is 0.444 e. The highest BCUT2D eigenvalue weighted by molar-refractivity contribution is 7.89. The molecule has 3 N–H and O–H groups in total. The van der Waals surface area contributed by atoms with E-state index in [2.05, 4.69) is 10.4 Å². The van der Waals surface area contributed by atoms with Crippen LogP contribution in [0.4, 0.5) is 4.79 Å². The van der Waals surface area contributed by atoms with Crippen LogP contribution in [-0.4, -0.2) is 29.9 Å². The van der Waals surface area contributed by atoms with Crippen molar-refractivity contribution in [2.45, 2.75) is 44.7 Å². The molecule has 0 saturated carbocycles. The predicted molar refractivity (Wildman–Crippen MR) is 72.4 cm³/mol. The lowest BCUT2D eigenvalue weighted by Gasteiger charge is -2.19. The third-order valence-electron chi connectivity index (χ3n) is 2.36. The summed E-state index contributed by atoms with van der Waals surface area (Å²) in [6.07, 6.45) is -0.642. The molecule has 0 radical (unpaired) electrons. The normalized spacial score (nSPS) is 12.3. The van der Waals surface area contributed by atoms with Gasteiger partial charge in [0.1, 0.15) is 10.5 Å². The molecule has 0 saturated heterocycles. The Morgan fingerprint density at radius 3 is 2.45 bits per heavy atom. The minimum atomic E-state index is -3.90. The van der Waals surface area contributed by atoms with Gasteiger partial charge < -0.3 is 10.1 Å². The Morgan fingerprint density at radius 2 is 2.00 bits per heavy atom. The molecule has 0 aromatic carbocycles. The van der Waals surface area contributed by atoms with E-state index in [0.717, 1.165) is 0 Å². The highest BCUT2D eigenvalue weighted by Gasteiger charge is 2.23. The zero-order valence-corrected chi connectivity index (χ0v) is 13.0. The number of nitrogens with one attached hydrogen (secondary N) is 1. The fourth-order valence-electron chi connectivity index (χ4n) is 1.72. The third-order valence-corrected chi connectivity index (χ3v) is 3.46. The number of carbonyl (C=O) groups excluding carboxylic acids is 1. The monoisotopic (exact) mass is 304 g/mol. The van der Waals surface area contributed by atoms with Crippen LogP contribution in [0, 0.1) is 6.92 Å². The van der Waals surface area contributed by atoms with Crippen molar-refractivity contribution in [2.24, 2.45) is 12.2 Å². The van der Waals surface area contributed by atoms with Crippen LogP contribution >= 0.6 is 0 Å². The molecule has 0 fully saturated rings. The first-order valence-corrected chi connectivity index (χ1v) is 7.48. The molecule has 114 valence electrons. The molecule has 1 heterocycles. The summed E-state index contributed by atoms with van der Waals surface area (Å²) in [5.74, 6) is 0. The van der Waals surface area contributed by atoms with Gasteiger partial charge in [-0.1, -0.05) is 0 Å². The summed E-state index contributed by atoms with van der Waals surface area (Å²) in [4.78, 5) is 11.5. The molecule has 0 atom stereocenters. The van der Waals surface area contributed by atoms with Crippen LogP contribution in [-0.2, 0) is 28.4 Å². The molecule has 1 amide bonds. The molecule has 0 aliphatic heterocycles. The van der Waals surface area contributed by atoms with Gasteiger partial charge in [0.15, 0.2) is 0 Å². The summed E-state index contributed by atoms with van der Waals surface area (Å²) in [6.45, 7) is 6.69. The second kappa shape index (κ2) is 5.41. The number of nitrogens with two attached hydrogens (primary N) is 1. The van der Waals surface area contributed by atoms with Crippen molar-refractivity contribution in [1.82, 2.24) is 15.1 Å². The number of carbonyl (C=O) groups is 1. The summed E-state index contributed by atoms with van der Waals surface area (Å²) in [7, 11) is -2.32. The van der Waals surface area contributed by atoms with Crippen LogP contribution in [0.25, 0.3) is 0 Å². The van der Waals surface area contributed by atoms with Gasteiger partial charge in [-0.05, 0) is 27.7 Å². The quantitative estimate of drug-likeness (QED) is 0.838. The summed E-state index contributed by atoms with van der Waals surface area (Å²) in [6, 6.07) is 0. The topological polar surface area (TPSA) is 116 Å². The first-order chi connectivity index (χ1) is 8.92. The van der Waals surface area contributed by atoms with Gasteiger partial charge in [0.2, 0.25) is 10.0 Å². The SMILES string of the molecule is Cc1nn(C)c(CNC(=O)OC(C)(C)C)c1S(N)(=O)=O. The number of aryl methyl sites for hydroxylation is 2. The van der Waals surface area contributed by atoms with Crippen molar-refractivity contribution in [2.75, 3.05) is 0 Å². The Kier molecular flexibility index (Phi) is 4.45. The highest BCUT2D eigenvalue weighted by Crippen LogP contribution is 2.18. The van der Waals surface area contributed by atoms with Crippen molar-refractivity contribution in [3.63, 3.8) is 0 Å². The minimum absolute atomic E-state index is 0.0436. The maximum atomic E-state index is 11.6. The first kappa shape index (κ1) is 16.4. The van der Waals surface area contributed by atoms with E-state index in [-0.39, 0.29) is 17.1 Å². The second-order valence-corrected chi connectivity index (χ2v) is 6.88. The summed E-state index contributed by atoms with van der Waals surface area (Å²) >= 11 is 0. The smallest absolute Gasteiger partial charge is 0.407 e. The Balaban J connectivity index is 2.92. The molecule has 0 aliphatic rings. The Morgan fingerprint density at radius 1 is 1.45 bits per heavy atom. The number of hydrogen-bond donors (Lipinski definition) is 2. The second-order valence-electron chi connectivity index (χ2n) is 5.39. The van der Waals surface area contributed by atoms with Crippen LogP contribution in [0.15, 0.2) is 4.90 Å². The van der Waals surface area contributed by atoms with E-state index in [1.807, 2.05) is 0 Å². The summed E-state index contributed by atoms with van der Waals surface area (Å²) in [5, 5.41) is 11.6. The van der Waals surface area contributed by atoms with Gasteiger partial charge >= 0.3 is 6.09 Å². The molecular weight excluding hydrogens is 284 g/mol. The molecule has 0 unspecified atom stereocenters. The molecule has 0 bridgehead atoms. The lowest BCUT2D eigenvalue weighted by Crippen LogP contribution is -2.33. The Bertz CT molecular complexity index is 613. The zero-order chi connectivity index (χ0) is 15.7. The predicted octanol–water partition coefficient (Wildman–Crippen LogP) is 0.401. The fourth-order valence-corrected chi connectivity index (χ4v) is 2.71. The molecule has 0 spiro atoms. The van der Waals surface area contributed by atoms with Crippen molar-refractivity contribution < 1.29 is 17.9 Å². The Labute approximate surface area is 118 Å². The number of rotatable bonds is 3. The average molecular weight is 304 g/mol. The Hall–Kier alpha value is -1.61. The fraction of sp³-hybridized carbons (Fsp3) is 0.636. The maximum Gasteiger partial charge on any atom is 0.407 e. The van der Waals surface area contributed by atoms with E-state index >= 15 is 0 Å². The molecule has 8 nitrogen and oxygen atoms in total. The van der Waals surface area contributed by atoms with Crippen LogP contribution in [0.5, 0.6) is 0 Å². The summed E-state index contributed by atoms with van der Waals surface area (Å²) in [5.41, 5.74) is -0.0401. The lowest BCUT2D eigenvalue weighted by molar-refractivity contribution is 0.0522. The van der Waals surface area contributed by atoms with Crippen LogP contribution in [0.1, 0.15) is 32.2 Å². The van der Waals surface area contributed by atoms with Crippen LogP contribution in [0.2, 0.25) is 0 Å². The van der Waals surface area contributed by atoms with E-state index in [1.54, 1.807) is 27.8 Å². The van der Waals surface area contributed by atoms with Crippen LogP contribution in [0.3, 0.4) is 0 Å². The molecule has 1 aromatic rings. The van der Waals surface area contributed by atoms with Crippen LogP contribution < -0.4 is 10.5 Å². The van der Waals surface area contributed by atoms with Gasteiger partial charge in [0.25, 0.3) is 0 Å². The third kappa shape index (κ3) is 4.20. The zero-order valence-electron chi connectivity index (χ0n) is 12.2. The maximum absolute atomic E-state index is 11.6. The number of primary sulfonamides is 1. The number of nitrogens with zero attached hydrogens (tertiary/aromatic N) is 2. The molecule has 1 rings (SSSR count). The number of amides is 1. The van der Waals surface area contributed by atoms with Crippen molar-refractivity contribution in [3.8, 4) is 0 Å². The highest BCUT2D eigenvalue weighted by atomic mass is 32.2. The first-order valence-electron chi connectivity index (χ1n) is 5.94. The number of ether oxygens (including phenoxy) is 1. The van der Waals surface area contributed by atoms with Gasteiger partial charge in [0, 0.05) is 7.05 Å². The molecule has 20 heavy (non-hydrogen) atoms. The van der Waals surface area contributed by atoms with Gasteiger partial charge in [-0.3, -0.25) is 4.68 Å². The van der Waals surface area contributed by atoms with Gasteiger partial charge in [-0.2, -0.15) is 5.10 Å². The molecule has 1 aromatic heterocycles. The number of sulfonamides is 1. The van der Waals surface area contributed by atoms with E-state index < -0.39 is 21.7 Å². The summed E-state index contributed by atoms with van der Waals surface area (Å²) < 4.78 is 29.5. The van der Waals surface area contributed by atoms with Gasteiger partial charge in [0.05, 0.1) is 17.9 Å². The van der Waals surface area contributed by atoms with Crippen molar-refractivity contribution in [1.29, 1.82) is 0 Å². The van der Waals surface area contributed by atoms with Crippen molar-refractivity contribution >= 4 is 16.1 Å². The number of hydrogen-bond acceptors (Lipinski definition) is 5. The number of aromatic nitrogens is 2. The average Bonchev–Trinajstić information content (AvgIpc) is 2.46. The minimum Gasteiger partial charge on any atom is -0.444 e. The molecular formula is C11H20N4O4S. The molecule has 0 aliphatic carbocycles. The van der Waals surface area contributed by atoms with Gasteiger partial charge in [-0.15, -0.1) is 0 Å². The van der Waals surface area contributed by atoms with Crippen molar-refractivity contribution in [3.05, 3.63) is 11.4 Å². The number of alkyl carbamates (subject to hydrolysis) is 1. The van der Waals surface area contributed by atoms with E-state index in [4.69, 9.17) is 9.88 Å². The lowest BCUT2D eigenvalue weighted by atomic mass is 10.2. The standard InChI is InChI=1S/C11H20N4O4S/c1-7-9(20(12,17)18)8(15(5)14-7)6-13-10(16)19-11(2,3)4/h6H2,1-5H3,(H,13,16)(H2,12,17,18).